The summed E-state index contributed by atoms with van der Waals surface area (Å²) in [6.45, 7) is 1.49. The summed E-state index contributed by atoms with van der Waals surface area (Å²) in [7, 11) is 0. The van der Waals surface area contributed by atoms with E-state index in [1.807, 2.05) is 18.2 Å². The van der Waals surface area contributed by atoms with Gasteiger partial charge in [0.1, 0.15) is 5.75 Å². The zero-order chi connectivity index (χ0) is 11.8. The van der Waals surface area contributed by atoms with Gasteiger partial charge in [0.15, 0.2) is 0 Å². The zero-order valence-corrected chi connectivity index (χ0v) is 11.6. The molecule has 1 rings (SSSR count). The lowest BCUT2D eigenvalue weighted by Gasteiger charge is -2.07. The summed E-state index contributed by atoms with van der Waals surface area (Å²) >= 11 is 9.38. The first-order chi connectivity index (χ1) is 7.74. The molecule has 1 aromatic rings. The van der Waals surface area contributed by atoms with Crippen LogP contribution in [0.1, 0.15) is 25.7 Å². The minimum atomic E-state index is 0.649. The van der Waals surface area contributed by atoms with Crippen LogP contribution in [0.2, 0.25) is 5.02 Å². The highest BCUT2D eigenvalue weighted by atomic mass is 79.9. The third kappa shape index (κ3) is 5.19. The van der Waals surface area contributed by atoms with Gasteiger partial charge >= 0.3 is 0 Å². The maximum Gasteiger partial charge on any atom is 0.137 e. The normalized spacial score (nSPS) is 10.4. The Hall–Kier alpha value is -0.250. The fourth-order valence-electron chi connectivity index (χ4n) is 1.37. The maximum atomic E-state index is 6.02. The second-order valence-electron chi connectivity index (χ2n) is 3.63. The number of unbranched alkanes of at least 4 members (excludes halogenated alkanes) is 3. The van der Waals surface area contributed by atoms with Crippen molar-refractivity contribution in [2.24, 2.45) is 5.73 Å². The van der Waals surface area contributed by atoms with Gasteiger partial charge in [-0.1, -0.05) is 40.4 Å². The highest BCUT2D eigenvalue weighted by Gasteiger charge is 2.01. The van der Waals surface area contributed by atoms with E-state index >= 15 is 0 Å². The van der Waals surface area contributed by atoms with E-state index in [9.17, 15) is 0 Å². The first-order valence-electron chi connectivity index (χ1n) is 5.52. The van der Waals surface area contributed by atoms with Crippen LogP contribution in [0.5, 0.6) is 5.75 Å². The minimum absolute atomic E-state index is 0.649. The number of hydrogen-bond acceptors (Lipinski definition) is 2. The molecule has 0 saturated heterocycles. The Morgan fingerprint density at radius 3 is 2.62 bits per heavy atom. The van der Waals surface area contributed by atoms with Crippen molar-refractivity contribution in [1.29, 1.82) is 0 Å². The van der Waals surface area contributed by atoms with E-state index in [0.717, 1.165) is 36.0 Å². The maximum absolute atomic E-state index is 6.02. The smallest absolute Gasteiger partial charge is 0.137 e. The molecule has 4 heteroatoms. The molecule has 0 aliphatic carbocycles. The third-order valence-electron chi connectivity index (χ3n) is 2.25. The topological polar surface area (TPSA) is 35.2 Å². The Morgan fingerprint density at radius 2 is 1.94 bits per heavy atom. The van der Waals surface area contributed by atoms with Gasteiger partial charge in [0, 0.05) is 4.47 Å². The first-order valence-corrected chi connectivity index (χ1v) is 6.69. The minimum Gasteiger partial charge on any atom is -0.492 e. The van der Waals surface area contributed by atoms with Crippen molar-refractivity contribution in [1.82, 2.24) is 0 Å². The van der Waals surface area contributed by atoms with Crippen LogP contribution in [0.4, 0.5) is 0 Å². The SMILES string of the molecule is NCCCCCCOc1ccc(Br)cc1Cl. The zero-order valence-electron chi connectivity index (χ0n) is 9.22. The number of rotatable bonds is 7. The average Bonchev–Trinajstić information content (AvgIpc) is 2.26. The Labute approximate surface area is 110 Å². The Kier molecular flexibility index (Phi) is 6.85. The Bertz CT molecular complexity index is 320. The van der Waals surface area contributed by atoms with Crippen LogP contribution in [0, 0.1) is 0 Å². The standard InChI is InChI=1S/C12H17BrClNO/c13-10-5-6-12(11(14)9-10)16-8-4-2-1-3-7-15/h5-6,9H,1-4,7-8,15H2. The Morgan fingerprint density at radius 1 is 1.19 bits per heavy atom. The molecule has 0 saturated carbocycles. The van der Waals surface area contributed by atoms with Gasteiger partial charge in [-0.05, 0) is 37.6 Å². The molecule has 0 unspecified atom stereocenters. The summed E-state index contributed by atoms with van der Waals surface area (Å²) in [5, 5.41) is 0.649. The van der Waals surface area contributed by atoms with E-state index in [2.05, 4.69) is 15.9 Å². The fraction of sp³-hybridized carbons (Fsp3) is 0.500. The van der Waals surface area contributed by atoms with Gasteiger partial charge in [-0.2, -0.15) is 0 Å². The number of ether oxygens (including phenoxy) is 1. The lowest BCUT2D eigenvalue weighted by atomic mass is 10.2. The molecule has 0 aliphatic heterocycles. The van der Waals surface area contributed by atoms with Gasteiger partial charge in [0.05, 0.1) is 11.6 Å². The summed E-state index contributed by atoms with van der Waals surface area (Å²) < 4.78 is 6.55. The number of benzene rings is 1. The molecule has 2 nitrogen and oxygen atoms in total. The molecule has 0 heterocycles. The third-order valence-corrected chi connectivity index (χ3v) is 3.04. The predicted molar refractivity (Wildman–Crippen MR) is 72.2 cm³/mol. The number of nitrogens with two attached hydrogens (primary N) is 1. The highest BCUT2D eigenvalue weighted by molar-refractivity contribution is 9.10. The molecular weight excluding hydrogens is 289 g/mol. The van der Waals surface area contributed by atoms with Crippen molar-refractivity contribution in [2.45, 2.75) is 25.7 Å². The van der Waals surface area contributed by atoms with Crippen LogP contribution >= 0.6 is 27.5 Å². The lowest BCUT2D eigenvalue weighted by molar-refractivity contribution is 0.305. The average molecular weight is 307 g/mol. The first kappa shape index (κ1) is 13.8. The quantitative estimate of drug-likeness (QED) is 0.773. The second kappa shape index (κ2) is 7.93. The molecule has 0 radical (unpaired) electrons. The molecule has 0 amide bonds. The van der Waals surface area contributed by atoms with Crippen molar-refractivity contribution in [3.63, 3.8) is 0 Å². The van der Waals surface area contributed by atoms with Crippen LogP contribution < -0.4 is 10.5 Å². The predicted octanol–water partition coefficient (Wildman–Crippen LogP) is 4.00. The largest absolute Gasteiger partial charge is 0.492 e. The van der Waals surface area contributed by atoms with Crippen LogP contribution in [-0.4, -0.2) is 13.2 Å². The molecular formula is C12H17BrClNO. The summed E-state index contributed by atoms with van der Waals surface area (Å²) in [6.07, 6.45) is 4.48. The van der Waals surface area contributed by atoms with Crippen LogP contribution in [0.25, 0.3) is 0 Å². The molecule has 90 valence electrons. The van der Waals surface area contributed by atoms with Crippen LogP contribution in [0.3, 0.4) is 0 Å². The van der Waals surface area contributed by atoms with Crippen LogP contribution in [-0.2, 0) is 0 Å². The van der Waals surface area contributed by atoms with E-state index in [1.54, 1.807) is 0 Å². The van der Waals surface area contributed by atoms with Gasteiger partial charge in [-0.15, -0.1) is 0 Å². The molecule has 2 N–H and O–H groups in total. The van der Waals surface area contributed by atoms with Crippen molar-refractivity contribution in [3.8, 4) is 5.75 Å². The second-order valence-corrected chi connectivity index (χ2v) is 4.95. The molecule has 0 aliphatic rings. The molecule has 0 atom stereocenters. The van der Waals surface area contributed by atoms with Gasteiger partial charge in [0.25, 0.3) is 0 Å². The van der Waals surface area contributed by atoms with Gasteiger partial charge in [-0.3, -0.25) is 0 Å². The van der Waals surface area contributed by atoms with Gasteiger partial charge in [0.2, 0.25) is 0 Å². The number of hydrogen-bond donors (Lipinski definition) is 1. The summed E-state index contributed by atoms with van der Waals surface area (Å²) in [5.41, 5.74) is 5.42. The molecule has 0 aromatic heterocycles. The lowest BCUT2D eigenvalue weighted by Crippen LogP contribution is -2.00. The summed E-state index contributed by atoms with van der Waals surface area (Å²) in [5.74, 6) is 0.753. The Balaban J connectivity index is 2.21. The highest BCUT2D eigenvalue weighted by Crippen LogP contribution is 2.27. The number of halogens is 2. The van der Waals surface area contributed by atoms with Crippen molar-refractivity contribution in [2.75, 3.05) is 13.2 Å². The fourth-order valence-corrected chi connectivity index (χ4v) is 2.10. The molecule has 1 aromatic carbocycles. The van der Waals surface area contributed by atoms with E-state index in [-0.39, 0.29) is 0 Å². The van der Waals surface area contributed by atoms with E-state index in [1.165, 1.54) is 6.42 Å². The summed E-state index contributed by atoms with van der Waals surface area (Å²) in [4.78, 5) is 0. The van der Waals surface area contributed by atoms with Gasteiger partial charge in [-0.25, -0.2) is 0 Å². The summed E-state index contributed by atoms with van der Waals surface area (Å²) in [6, 6.07) is 5.65. The van der Waals surface area contributed by atoms with E-state index in [0.29, 0.717) is 11.6 Å². The van der Waals surface area contributed by atoms with Gasteiger partial charge < -0.3 is 10.5 Å². The van der Waals surface area contributed by atoms with E-state index < -0.39 is 0 Å². The molecule has 16 heavy (non-hydrogen) atoms. The molecule has 0 fully saturated rings. The van der Waals surface area contributed by atoms with Crippen molar-refractivity contribution < 1.29 is 4.74 Å². The van der Waals surface area contributed by atoms with Crippen LogP contribution in [0.15, 0.2) is 22.7 Å². The monoisotopic (exact) mass is 305 g/mol. The van der Waals surface area contributed by atoms with Crippen molar-refractivity contribution in [3.05, 3.63) is 27.7 Å². The van der Waals surface area contributed by atoms with E-state index in [4.69, 9.17) is 22.1 Å². The molecule has 0 bridgehead atoms. The van der Waals surface area contributed by atoms with Crippen molar-refractivity contribution >= 4 is 27.5 Å². The molecule has 0 spiro atoms.